The highest BCUT2D eigenvalue weighted by molar-refractivity contribution is 5.92. The monoisotopic (exact) mass is 229 g/mol. The molecule has 86 valence electrons. The van der Waals surface area contributed by atoms with E-state index in [2.05, 4.69) is 5.32 Å². The molecule has 0 spiro atoms. The first kappa shape index (κ1) is 11.0. The summed E-state index contributed by atoms with van der Waals surface area (Å²) in [6.07, 6.45) is 9.29. The van der Waals surface area contributed by atoms with Crippen molar-refractivity contribution in [3.05, 3.63) is 60.6 Å². The van der Waals surface area contributed by atoms with E-state index in [1.807, 2.05) is 0 Å². The number of nitrogens with one attached hydrogen (secondary N) is 1. The lowest BCUT2D eigenvalue weighted by molar-refractivity contribution is -0.115. The number of furan rings is 2. The van der Waals surface area contributed by atoms with Crippen molar-refractivity contribution in [3.63, 3.8) is 0 Å². The SMILES string of the molecule is O=C(/C=C/c1ccco1)N/C=C/c1ccco1. The quantitative estimate of drug-likeness (QED) is 0.820. The van der Waals surface area contributed by atoms with Gasteiger partial charge in [-0.2, -0.15) is 0 Å². The third-order valence-electron chi connectivity index (χ3n) is 1.96. The molecule has 0 atom stereocenters. The van der Waals surface area contributed by atoms with Gasteiger partial charge in [-0.25, -0.2) is 0 Å². The predicted octanol–water partition coefficient (Wildman–Crippen LogP) is 2.67. The minimum Gasteiger partial charge on any atom is -0.465 e. The molecule has 0 saturated heterocycles. The van der Waals surface area contributed by atoms with Crippen molar-refractivity contribution in [2.45, 2.75) is 0 Å². The number of amides is 1. The molecule has 0 aliphatic heterocycles. The molecule has 0 fully saturated rings. The fourth-order valence-electron chi connectivity index (χ4n) is 1.18. The normalized spacial score (nSPS) is 11.3. The van der Waals surface area contributed by atoms with Gasteiger partial charge in [-0.1, -0.05) is 0 Å². The van der Waals surface area contributed by atoms with Gasteiger partial charge in [-0.05, 0) is 36.4 Å². The molecular formula is C13H11NO3. The van der Waals surface area contributed by atoms with E-state index < -0.39 is 0 Å². The van der Waals surface area contributed by atoms with Crippen LogP contribution in [0.3, 0.4) is 0 Å². The first-order valence-electron chi connectivity index (χ1n) is 5.07. The van der Waals surface area contributed by atoms with Crippen molar-refractivity contribution < 1.29 is 13.6 Å². The first-order chi connectivity index (χ1) is 8.34. The molecule has 1 N–H and O–H groups in total. The Morgan fingerprint density at radius 2 is 1.71 bits per heavy atom. The van der Waals surface area contributed by atoms with Gasteiger partial charge in [-0.3, -0.25) is 4.79 Å². The van der Waals surface area contributed by atoms with Crippen molar-refractivity contribution in [1.29, 1.82) is 0 Å². The highest BCUT2D eigenvalue weighted by Crippen LogP contribution is 2.02. The maximum absolute atomic E-state index is 11.3. The zero-order valence-corrected chi connectivity index (χ0v) is 9.00. The predicted molar refractivity (Wildman–Crippen MR) is 63.6 cm³/mol. The molecule has 2 heterocycles. The summed E-state index contributed by atoms with van der Waals surface area (Å²) in [5.41, 5.74) is 0. The van der Waals surface area contributed by atoms with Crippen molar-refractivity contribution in [2.24, 2.45) is 0 Å². The summed E-state index contributed by atoms with van der Waals surface area (Å²) in [7, 11) is 0. The van der Waals surface area contributed by atoms with Crippen LogP contribution in [0, 0.1) is 0 Å². The Hall–Kier alpha value is -2.49. The lowest BCUT2D eigenvalue weighted by atomic mass is 10.4. The van der Waals surface area contributed by atoms with Crippen LogP contribution in [-0.4, -0.2) is 5.91 Å². The van der Waals surface area contributed by atoms with Gasteiger partial charge in [0.25, 0.3) is 0 Å². The summed E-state index contributed by atoms with van der Waals surface area (Å²) >= 11 is 0. The van der Waals surface area contributed by atoms with Gasteiger partial charge in [0.15, 0.2) is 0 Å². The van der Waals surface area contributed by atoms with E-state index in [9.17, 15) is 4.79 Å². The van der Waals surface area contributed by atoms with Crippen LogP contribution in [-0.2, 0) is 4.79 Å². The Labute approximate surface area is 98.2 Å². The van der Waals surface area contributed by atoms with Gasteiger partial charge >= 0.3 is 0 Å². The Balaban J connectivity index is 1.82. The van der Waals surface area contributed by atoms with Crippen LogP contribution < -0.4 is 5.32 Å². The zero-order valence-electron chi connectivity index (χ0n) is 9.00. The second-order valence-corrected chi connectivity index (χ2v) is 3.21. The summed E-state index contributed by atoms with van der Waals surface area (Å²) in [6, 6.07) is 7.09. The third kappa shape index (κ3) is 3.53. The van der Waals surface area contributed by atoms with Crippen molar-refractivity contribution >= 4 is 18.1 Å². The van der Waals surface area contributed by atoms with Gasteiger partial charge < -0.3 is 14.2 Å². The highest BCUT2D eigenvalue weighted by Gasteiger charge is 1.93. The Bertz CT molecular complexity index is 507. The van der Waals surface area contributed by atoms with E-state index >= 15 is 0 Å². The molecule has 0 saturated carbocycles. The summed E-state index contributed by atoms with van der Waals surface area (Å²) < 4.78 is 10.1. The van der Waals surface area contributed by atoms with Crippen molar-refractivity contribution in [3.8, 4) is 0 Å². The number of hydrogen-bond donors (Lipinski definition) is 1. The number of carbonyl (C=O) groups excluding carboxylic acids is 1. The molecule has 4 nitrogen and oxygen atoms in total. The van der Waals surface area contributed by atoms with Gasteiger partial charge in [0.05, 0.1) is 12.5 Å². The lowest BCUT2D eigenvalue weighted by Gasteiger charge is -1.91. The van der Waals surface area contributed by atoms with Crippen LogP contribution in [0.15, 0.2) is 57.9 Å². The van der Waals surface area contributed by atoms with Crippen LogP contribution in [0.2, 0.25) is 0 Å². The Kier molecular flexibility index (Phi) is 3.60. The zero-order chi connectivity index (χ0) is 11.9. The standard InChI is InChI=1S/C13H11NO3/c15-13(6-5-11-3-1-9-16-11)14-8-7-12-4-2-10-17-12/h1-10H,(H,14,15)/b6-5+,8-7+. The van der Waals surface area contributed by atoms with Gasteiger partial charge in [-0.15, -0.1) is 0 Å². The maximum atomic E-state index is 11.3. The van der Waals surface area contributed by atoms with Crippen LogP contribution in [0.4, 0.5) is 0 Å². The molecule has 2 aromatic rings. The number of hydrogen-bond acceptors (Lipinski definition) is 3. The fourth-order valence-corrected chi connectivity index (χ4v) is 1.18. The molecule has 0 unspecified atom stereocenters. The smallest absolute Gasteiger partial charge is 0.248 e. The van der Waals surface area contributed by atoms with Crippen molar-refractivity contribution in [1.82, 2.24) is 5.32 Å². The molecule has 0 aromatic carbocycles. The average molecular weight is 229 g/mol. The van der Waals surface area contributed by atoms with Gasteiger partial charge in [0.1, 0.15) is 11.5 Å². The molecular weight excluding hydrogens is 218 g/mol. The number of rotatable bonds is 4. The molecule has 0 bridgehead atoms. The highest BCUT2D eigenvalue weighted by atomic mass is 16.3. The largest absolute Gasteiger partial charge is 0.465 e. The van der Waals surface area contributed by atoms with Gasteiger partial charge in [0.2, 0.25) is 5.91 Å². The van der Waals surface area contributed by atoms with Crippen LogP contribution in [0.5, 0.6) is 0 Å². The molecule has 17 heavy (non-hydrogen) atoms. The molecule has 0 aliphatic carbocycles. The molecule has 0 radical (unpaired) electrons. The first-order valence-corrected chi connectivity index (χ1v) is 5.07. The van der Waals surface area contributed by atoms with Crippen LogP contribution >= 0.6 is 0 Å². The topological polar surface area (TPSA) is 55.4 Å². The summed E-state index contributed by atoms with van der Waals surface area (Å²) in [5.74, 6) is 1.08. The van der Waals surface area contributed by atoms with E-state index in [0.717, 1.165) is 0 Å². The minimum atomic E-state index is -0.232. The molecule has 1 amide bonds. The Morgan fingerprint density at radius 3 is 2.29 bits per heavy atom. The lowest BCUT2D eigenvalue weighted by Crippen LogP contribution is -2.12. The third-order valence-corrected chi connectivity index (χ3v) is 1.96. The molecule has 0 aliphatic rings. The molecule has 2 rings (SSSR count). The second-order valence-electron chi connectivity index (χ2n) is 3.21. The minimum absolute atomic E-state index is 0.232. The van der Waals surface area contributed by atoms with Gasteiger partial charge in [0, 0.05) is 12.3 Å². The molecule has 2 aromatic heterocycles. The maximum Gasteiger partial charge on any atom is 0.248 e. The van der Waals surface area contributed by atoms with E-state index in [0.29, 0.717) is 11.5 Å². The van der Waals surface area contributed by atoms with Crippen LogP contribution in [0.1, 0.15) is 11.5 Å². The van der Waals surface area contributed by atoms with Crippen LogP contribution in [0.25, 0.3) is 12.2 Å². The van der Waals surface area contributed by atoms with E-state index in [1.54, 1.807) is 48.9 Å². The fraction of sp³-hybridized carbons (Fsp3) is 0. The summed E-state index contributed by atoms with van der Waals surface area (Å²) in [4.78, 5) is 11.3. The number of carbonyl (C=O) groups is 1. The molecule has 4 heteroatoms. The van der Waals surface area contributed by atoms with E-state index in [-0.39, 0.29) is 5.91 Å². The average Bonchev–Trinajstić information content (AvgIpc) is 2.99. The van der Waals surface area contributed by atoms with E-state index in [4.69, 9.17) is 8.83 Å². The van der Waals surface area contributed by atoms with Crippen molar-refractivity contribution in [2.75, 3.05) is 0 Å². The summed E-state index contributed by atoms with van der Waals surface area (Å²) in [5, 5.41) is 2.58. The summed E-state index contributed by atoms with van der Waals surface area (Å²) in [6.45, 7) is 0. The van der Waals surface area contributed by atoms with E-state index in [1.165, 1.54) is 12.3 Å². The Morgan fingerprint density at radius 1 is 1.06 bits per heavy atom. The second kappa shape index (κ2) is 5.55.